The average molecular weight is 483 g/mol. The average Bonchev–Trinajstić information content (AvgIpc) is 3.40. The van der Waals surface area contributed by atoms with Crippen LogP contribution in [0.1, 0.15) is 50.8 Å². The van der Waals surface area contributed by atoms with Crippen LogP contribution in [0.15, 0.2) is 108 Å². The summed E-state index contributed by atoms with van der Waals surface area (Å²) in [5.41, 5.74) is 14.3. The Kier molecular flexibility index (Phi) is 9.08. The van der Waals surface area contributed by atoms with Crippen LogP contribution >= 0.6 is 0 Å². The Labute approximate surface area is 251 Å². The molecule has 0 N–H and O–H groups in total. The van der Waals surface area contributed by atoms with Crippen molar-refractivity contribution in [3.05, 3.63) is 130 Å². The molecule has 0 saturated carbocycles. The third-order valence-corrected chi connectivity index (χ3v) is 9.13. The van der Waals surface area contributed by atoms with E-state index in [0.717, 1.165) is 9.52 Å². The van der Waals surface area contributed by atoms with Gasteiger partial charge >= 0.3 is 37.7 Å². The molecule has 0 spiro atoms. The van der Waals surface area contributed by atoms with Crippen LogP contribution in [0, 0.1) is 0 Å². The van der Waals surface area contributed by atoms with Crippen LogP contribution in [-0.4, -0.2) is 9.52 Å². The second kappa shape index (κ2) is 12.1. The largest absolute Gasteiger partial charge is 1.00 e. The van der Waals surface area contributed by atoms with Gasteiger partial charge in [-0.05, 0) is 58.4 Å². The van der Waals surface area contributed by atoms with Gasteiger partial charge in [0.25, 0.3) is 0 Å². The first-order chi connectivity index (χ1) is 17.2. The fourth-order valence-corrected chi connectivity index (χ4v) is 7.72. The molecule has 3 heteroatoms. The summed E-state index contributed by atoms with van der Waals surface area (Å²) in [6.45, 7) is 4.65. The third-order valence-electron chi connectivity index (χ3n) is 7.74. The molecule has 2 aliphatic rings. The van der Waals surface area contributed by atoms with Crippen LogP contribution in [0.25, 0.3) is 34.4 Å². The van der Waals surface area contributed by atoms with Crippen molar-refractivity contribution in [3.63, 3.8) is 0 Å². The smallest absolute Gasteiger partial charge is 1.00 e. The molecule has 2 aliphatic carbocycles. The Balaban J connectivity index is 0.00000133. The fraction of sp³-hybridized carbons (Fsp3) is 0.176. The molecule has 6 rings (SSSR count). The molecule has 2 atom stereocenters. The number of allylic oxidation sites excluding steroid dienone is 2. The summed E-state index contributed by atoms with van der Waals surface area (Å²) >= 11 is 0. The van der Waals surface area contributed by atoms with Gasteiger partial charge in [0.1, 0.15) is 0 Å². The molecule has 0 saturated heterocycles. The Morgan fingerprint density at radius 3 is 1.35 bits per heavy atom. The quantitative estimate of drug-likeness (QED) is 0.369. The van der Waals surface area contributed by atoms with E-state index >= 15 is 0 Å². The van der Waals surface area contributed by atoms with Crippen LogP contribution < -0.4 is 37.7 Å². The van der Waals surface area contributed by atoms with Crippen molar-refractivity contribution in [2.24, 2.45) is 0 Å². The number of hydrogen-bond donors (Lipinski definition) is 0. The number of fused-ring (bicyclic) bond motifs is 2. The minimum atomic E-state index is 0. The molecule has 37 heavy (non-hydrogen) atoms. The number of benzene rings is 4. The summed E-state index contributed by atoms with van der Waals surface area (Å²) in [7, 11) is 0.941. The van der Waals surface area contributed by atoms with Crippen molar-refractivity contribution in [2.45, 2.75) is 37.8 Å². The predicted octanol–water partition coefficient (Wildman–Crippen LogP) is 3.50. The maximum absolute atomic E-state index is 2.44. The first-order valence-electron chi connectivity index (χ1n) is 12.6. The molecule has 0 aromatic heterocycles. The van der Waals surface area contributed by atoms with Crippen LogP contribution in [0.2, 0.25) is 12.1 Å². The standard InChI is InChI=1S/C34H30Si.2Li.2H/c1-23-19-31-27(25-11-5-3-6-12-25)15-9-17-29(31)33(23)21-35-22-34-24(2)20-32-28(16-10-18-30(32)34)26-13-7-4-8-14-26;;;;/h3-20,33-34H,21-22H2,1-2H3;;;;/q;2*+1;2*-1. The fourth-order valence-electron chi connectivity index (χ4n) is 5.90. The van der Waals surface area contributed by atoms with E-state index in [1.54, 1.807) is 0 Å². The summed E-state index contributed by atoms with van der Waals surface area (Å²) in [6.07, 6.45) is 4.88. The topological polar surface area (TPSA) is 0 Å². The summed E-state index contributed by atoms with van der Waals surface area (Å²) in [5.74, 6) is 1.10. The van der Waals surface area contributed by atoms with E-state index in [0.29, 0.717) is 11.8 Å². The third kappa shape index (κ3) is 5.36. The van der Waals surface area contributed by atoms with Crippen LogP contribution in [0.5, 0.6) is 0 Å². The molecular weight excluding hydrogens is 450 g/mol. The molecule has 0 amide bonds. The molecule has 4 aromatic carbocycles. The zero-order valence-electron chi connectivity index (χ0n) is 24.5. The number of hydrogen-bond acceptors (Lipinski definition) is 0. The van der Waals surface area contributed by atoms with Gasteiger partial charge in [-0.3, -0.25) is 0 Å². The maximum atomic E-state index is 2.44. The Bertz CT molecular complexity index is 1340. The van der Waals surface area contributed by atoms with Crippen LogP contribution in [0.3, 0.4) is 0 Å². The SMILES string of the molecule is CC1=Cc2c(-c3ccccc3)cccc2C1C[Si]CC1C(C)=Cc2c(-c3ccccc3)cccc21.[H-].[H-].[Li+].[Li+]. The van der Waals surface area contributed by atoms with E-state index in [9.17, 15) is 0 Å². The molecule has 0 heterocycles. The summed E-state index contributed by atoms with van der Waals surface area (Å²) in [6, 6.07) is 37.9. The predicted molar refractivity (Wildman–Crippen MR) is 154 cm³/mol. The van der Waals surface area contributed by atoms with E-state index in [1.807, 2.05) is 0 Å². The molecular formula is C34H32Li2Si. The molecule has 2 unspecified atom stereocenters. The van der Waals surface area contributed by atoms with Crippen molar-refractivity contribution in [2.75, 3.05) is 0 Å². The van der Waals surface area contributed by atoms with Gasteiger partial charge in [0.2, 0.25) is 0 Å². The maximum Gasteiger partial charge on any atom is 1.00 e. The van der Waals surface area contributed by atoms with Crippen molar-refractivity contribution in [1.82, 2.24) is 0 Å². The van der Waals surface area contributed by atoms with Crippen molar-refractivity contribution >= 4 is 21.7 Å². The second-order valence-electron chi connectivity index (χ2n) is 9.89. The molecule has 174 valence electrons. The number of rotatable bonds is 6. The Morgan fingerprint density at radius 1 is 0.541 bits per heavy atom. The van der Waals surface area contributed by atoms with E-state index in [4.69, 9.17) is 0 Å². The first-order valence-corrected chi connectivity index (χ1v) is 14.1. The Hall–Kier alpha value is -2.23. The van der Waals surface area contributed by atoms with Crippen LogP contribution in [-0.2, 0) is 0 Å². The minimum absolute atomic E-state index is 0. The van der Waals surface area contributed by atoms with Gasteiger partial charge in [0.05, 0.1) is 0 Å². The van der Waals surface area contributed by atoms with Gasteiger partial charge < -0.3 is 2.85 Å². The summed E-state index contributed by atoms with van der Waals surface area (Å²) in [5, 5.41) is 0. The minimum Gasteiger partial charge on any atom is -1.00 e. The monoisotopic (exact) mass is 482 g/mol. The van der Waals surface area contributed by atoms with Gasteiger partial charge in [-0.2, -0.15) is 0 Å². The van der Waals surface area contributed by atoms with Crippen molar-refractivity contribution in [3.8, 4) is 22.3 Å². The molecule has 2 radical (unpaired) electrons. The van der Waals surface area contributed by atoms with Crippen molar-refractivity contribution < 1.29 is 40.6 Å². The zero-order valence-corrected chi connectivity index (χ0v) is 23.5. The Morgan fingerprint density at radius 2 is 0.946 bits per heavy atom. The summed E-state index contributed by atoms with van der Waals surface area (Å²) < 4.78 is 0. The molecule has 4 aromatic rings. The first kappa shape index (κ1) is 27.8. The van der Waals surface area contributed by atoms with Gasteiger partial charge in [-0.1, -0.05) is 132 Å². The van der Waals surface area contributed by atoms with E-state index in [1.165, 1.54) is 67.7 Å². The van der Waals surface area contributed by atoms with E-state index in [-0.39, 0.29) is 40.6 Å². The second-order valence-corrected chi connectivity index (χ2v) is 11.2. The normalized spacial score (nSPS) is 17.1. The zero-order chi connectivity index (χ0) is 23.8. The molecule has 0 nitrogen and oxygen atoms in total. The van der Waals surface area contributed by atoms with Gasteiger partial charge in [-0.15, -0.1) is 0 Å². The molecule has 0 fully saturated rings. The molecule has 0 aliphatic heterocycles. The van der Waals surface area contributed by atoms with Crippen molar-refractivity contribution in [1.29, 1.82) is 0 Å². The van der Waals surface area contributed by atoms with Crippen LogP contribution in [0.4, 0.5) is 0 Å². The summed E-state index contributed by atoms with van der Waals surface area (Å²) in [4.78, 5) is 0. The van der Waals surface area contributed by atoms with E-state index in [2.05, 4.69) is 123 Å². The van der Waals surface area contributed by atoms with Gasteiger partial charge in [-0.25, -0.2) is 0 Å². The van der Waals surface area contributed by atoms with E-state index < -0.39 is 0 Å². The van der Waals surface area contributed by atoms with Gasteiger partial charge in [0, 0.05) is 21.4 Å². The van der Waals surface area contributed by atoms with Gasteiger partial charge in [0.15, 0.2) is 0 Å². The molecule has 0 bridgehead atoms.